The number of nitrogens with one attached hydrogen (secondary N) is 2. The lowest BCUT2D eigenvalue weighted by molar-refractivity contribution is -0.121. The zero-order valence-electron chi connectivity index (χ0n) is 8.75. The van der Waals surface area contributed by atoms with Gasteiger partial charge in [-0.25, -0.2) is 4.39 Å². The normalized spacial score (nSPS) is 12.4. The van der Waals surface area contributed by atoms with Gasteiger partial charge in [0.05, 0.1) is 5.69 Å². The molecule has 0 aromatic heterocycles. The maximum absolute atomic E-state index is 13.2. The molecule has 1 aromatic carbocycles. The van der Waals surface area contributed by atoms with Crippen LogP contribution in [0.5, 0.6) is 0 Å². The van der Waals surface area contributed by atoms with Crippen molar-refractivity contribution in [3.8, 4) is 0 Å². The summed E-state index contributed by atoms with van der Waals surface area (Å²) >= 11 is 0. The van der Waals surface area contributed by atoms with Gasteiger partial charge >= 0.3 is 6.18 Å². The molecule has 1 rings (SSSR count). The highest BCUT2D eigenvalue weighted by atomic mass is 32.2. The largest absolute Gasteiger partial charge is 0.402 e. The number of nitrogen functional groups attached to an aromatic ring is 1. The van der Waals surface area contributed by atoms with E-state index >= 15 is 0 Å². The number of nitrogens with two attached hydrogens (primary N) is 1. The molecule has 0 radical (unpaired) electrons. The van der Waals surface area contributed by atoms with E-state index in [9.17, 15) is 26.0 Å². The molecule has 0 atom stereocenters. The minimum atomic E-state index is -4.71. The van der Waals surface area contributed by atoms with Crippen molar-refractivity contribution in [1.82, 2.24) is 4.72 Å². The van der Waals surface area contributed by atoms with Crippen molar-refractivity contribution >= 4 is 21.6 Å². The van der Waals surface area contributed by atoms with Crippen LogP contribution in [0, 0.1) is 5.82 Å². The summed E-state index contributed by atoms with van der Waals surface area (Å²) < 4.78 is 73.9. The molecule has 0 bridgehead atoms. The minimum Gasteiger partial charge on any atom is -0.397 e. The number of alkyl halides is 3. The molecule has 4 N–H and O–H groups in total. The van der Waals surface area contributed by atoms with Crippen LogP contribution in [0.1, 0.15) is 0 Å². The zero-order chi connectivity index (χ0) is 14.0. The Kier molecular flexibility index (Phi) is 4.02. The van der Waals surface area contributed by atoms with Gasteiger partial charge in [-0.3, -0.25) is 4.72 Å². The number of hydrogen-bond acceptors (Lipinski definition) is 3. The Morgan fingerprint density at radius 1 is 1.28 bits per heavy atom. The average molecular weight is 287 g/mol. The topological polar surface area (TPSA) is 84.2 Å². The van der Waals surface area contributed by atoms with Crippen LogP contribution in [-0.2, 0) is 10.2 Å². The number of halogens is 4. The van der Waals surface area contributed by atoms with Crippen LogP contribution in [0.25, 0.3) is 0 Å². The quantitative estimate of drug-likeness (QED) is 0.575. The average Bonchev–Trinajstić information content (AvgIpc) is 2.20. The van der Waals surface area contributed by atoms with E-state index in [1.807, 2.05) is 0 Å². The second-order valence-electron chi connectivity index (χ2n) is 3.25. The molecule has 0 unspecified atom stereocenters. The van der Waals surface area contributed by atoms with Crippen LogP contribution in [-0.4, -0.2) is 21.1 Å². The number of anilines is 2. The SMILES string of the molecule is Nc1cccc(F)c1NS(=O)(=O)NCC(F)(F)F. The van der Waals surface area contributed by atoms with Crippen molar-refractivity contribution in [3.05, 3.63) is 24.0 Å². The van der Waals surface area contributed by atoms with E-state index in [-0.39, 0.29) is 5.69 Å². The van der Waals surface area contributed by atoms with Gasteiger partial charge in [0.1, 0.15) is 18.0 Å². The summed E-state index contributed by atoms with van der Waals surface area (Å²) in [6.45, 7) is -1.77. The van der Waals surface area contributed by atoms with Crippen LogP contribution < -0.4 is 15.2 Å². The number of rotatable bonds is 4. The molecule has 0 heterocycles. The second kappa shape index (κ2) is 4.98. The molecule has 0 saturated carbocycles. The highest BCUT2D eigenvalue weighted by Crippen LogP contribution is 2.22. The van der Waals surface area contributed by atoms with E-state index in [0.29, 0.717) is 0 Å². The summed E-state index contributed by atoms with van der Waals surface area (Å²) in [7, 11) is -4.55. The van der Waals surface area contributed by atoms with Gasteiger partial charge < -0.3 is 5.73 Å². The molecule has 0 aliphatic heterocycles. The molecule has 0 fully saturated rings. The van der Waals surface area contributed by atoms with Crippen molar-refractivity contribution in [2.24, 2.45) is 0 Å². The molecule has 5 nitrogen and oxygen atoms in total. The molecule has 0 aliphatic rings. The molecule has 0 spiro atoms. The first kappa shape index (κ1) is 14.5. The van der Waals surface area contributed by atoms with Gasteiger partial charge in [-0.2, -0.15) is 26.3 Å². The maximum atomic E-state index is 13.2. The highest BCUT2D eigenvalue weighted by molar-refractivity contribution is 7.90. The summed E-state index contributed by atoms with van der Waals surface area (Å²) in [5.41, 5.74) is 4.45. The fourth-order valence-corrected chi connectivity index (χ4v) is 1.91. The molecule has 18 heavy (non-hydrogen) atoms. The first-order valence-corrected chi connectivity index (χ1v) is 5.97. The van der Waals surface area contributed by atoms with Gasteiger partial charge in [0.15, 0.2) is 0 Å². The van der Waals surface area contributed by atoms with Crippen LogP contribution in [0.2, 0.25) is 0 Å². The first-order valence-electron chi connectivity index (χ1n) is 4.49. The van der Waals surface area contributed by atoms with Crippen molar-refractivity contribution < 1.29 is 26.0 Å². The van der Waals surface area contributed by atoms with E-state index in [2.05, 4.69) is 0 Å². The molecule has 0 aliphatic carbocycles. The molecule has 102 valence electrons. The fourth-order valence-electron chi connectivity index (χ4n) is 0.996. The van der Waals surface area contributed by atoms with Crippen molar-refractivity contribution in [2.75, 3.05) is 17.0 Å². The molecular weight excluding hydrogens is 278 g/mol. The summed E-state index contributed by atoms with van der Waals surface area (Å²) in [4.78, 5) is 0. The van der Waals surface area contributed by atoms with Crippen LogP contribution in [0.15, 0.2) is 18.2 Å². The molecule has 10 heteroatoms. The van der Waals surface area contributed by atoms with Crippen molar-refractivity contribution in [2.45, 2.75) is 6.18 Å². The lowest BCUT2D eigenvalue weighted by Crippen LogP contribution is -2.37. The summed E-state index contributed by atoms with van der Waals surface area (Å²) in [5.74, 6) is -0.993. The van der Waals surface area contributed by atoms with E-state index in [1.165, 1.54) is 16.9 Å². The third-order valence-electron chi connectivity index (χ3n) is 1.74. The predicted octanol–water partition coefficient (Wildman–Crippen LogP) is 1.22. The molecule has 0 amide bonds. The first-order chi connectivity index (χ1) is 8.11. The van der Waals surface area contributed by atoms with Gasteiger partial charge in [-0.15, -0.1) is 0 Å². The minimum absolute atomic E-state index is 0.243. The van der Waals surface area contributed by atoms with Gasteiger partial charge in [0.25, 0.3) is 10.2 Å². The molecule has 1 aromatic rings. The Balaban J connectivity index is 2.84. The Morgan fingerprint density at radius 2 is 1.89 bits per heavy atom. The van der Waals surface area contributed by atoms with Gasteiger partial charge in [0.2, 0.25) is 0 Å². The third kappa shape index (κ3) is 4.37. The lowest BCUT2D eigenvalue weighted by atomic mass is 10.3. The summed E-state index contributed by atoms with van der Waals surface area (Å²) in [5, 5.41) is 0. The lowest BCUT2D eigenvalue weighted by Gasteiger charge is -2.12. The fraction of sp³-hybridized carbons (Fsp3) is 0.250. The monoisotopic (exact) mass is 287 g/mol. The molecule has 0 saturated heterocycles. The Morgan fingerprint density at radius 3 is 2.39 bits per heavy atom. The van der Waals surface area contributed by atoms with E-state index in [0.717, 1.165) is 6.07 Å². The summed E-state index contributed by atoms with van der Waals surface area (Å²) in [6, 6.07) is 3.34. The smallest absolute Gasteiger partial charge is 0.397 e. The number of hydrogen-bond donors (Lipinski definition) is 3. The van der Waals surface area contributed by atoms with E-state index < -0.39 is 34.4 Å². The van der Waals surface area contributed by atoms with Gasteiger partial charge in [-0.05, 0) is 12.1 Å². The maximum Gasteiger partial charge on any atom is 0.402 e. The van der Waals surface area contributed by atoms with E-state index in [4.69, 9.17) is 5.73 Å². The Labute approximate surface area is 100 Å². The Hall–Kier alpha value is -1.55. The zero-order valence-corrected chi connectivity index (χ0v) is 9.57. The summed E-state index contributed by atoms with van der Waals surface area (Å²) in [6.07, 6.45) is -4.71. The Bertz CT molecular complexity index is 509. The van der Waals surface area contributed by atoms with Crippen LogP contribution >= 0.6 is 0 Å². The standard InChI is InChI=1S/C8H9F4N3O2S/c9-5-2-1-3-6(13)7(5)15-18(16,17)14-4-8(10,11)12/h1-3,14-15H,4,13H2. The second-order valence-corrected chi connectivity index (χ2v) is 4.75. The van der Waals surface area contributed by atoms with Gasteiger partial charge in [-0.1, -0.05) is 6.07 Å². The van der Waals surface area contributed by atoms with Crippen LogP contribution in [0.4, 0.5) is 28.9 Å². The van der Waals surface area contributed by atoms with E-state index in [1.54, 1.807) is 4.72 Å². The molecular formula is C8H9F4N3O2S. The van der Waals surface area contributed by atoms with Crippen molar-refractivity contribution in [3.63, 3.8) is 0 Å². The number of para-hydroxylation sites is 1. The van der Waals surface area contributed by atoms with Crippen LogP contribution in [0.3, 0.4) is 0 Å². The number of benzene rings is 1. The third-order valence-corrected chi connectivity index (χ3v) is 2.74. The highest BCUT2D eigenvalue weighted by Gasteiger charge is 2.29. The van der Waals surface area contributed by atoms with Crippen molar-refractivity contribution in [1.29, 1.82) is 0 Å². The predicted molar refractivity (Wildman–Crippen MR) is 57.4 cm³/mol. The van der Waals surface area contributed by atoms with Gasteiger partial charge in [0, 0.05) is 0 Å².